The van der Waals surface area contributed by atoms with Crippen molar-refractivity contribution in [2.24, 2.45) is 16.2 Å². The Morgan fingerprint density at radius 1 is 0.895 bits per heavy atom. The quantitative estimate of drug-likeness (QED) is 0.445. The van der Waals surface area contributed by atoms with Gasteiger partial charge in [-0.25, -0.2) is 0 Å². The van der Waals surface area contributed by atoms with Gasteiger partial charge in [0.2, 0.25) is 0 Å². The minimum Gasteiger partial charge on any atom is -0.0798 e. The van der Waals surface area contributed by atoms with E-state index in [1.165, 1.54) is 5.57 Å². The summed E-state index contributed by atoms with van der Waals surface area (Å²) in [6.07, 6.45) is 5.99. The molecule has 0 N–H and O–H groups in total. The van der Waals surface area contributed by atoms with Crippen LogP contribution in [0.15, 0.2) is 23.3 Å². The molecule has 0 bridgehead atoms. The zero-order valence-corrected chi connectivity index (χ0v) is 15.8. The molecule has 19 heavy (non-hydrogen) atoms. The molecule has 110 valence electrons. The van der Waals surface area contributed by atoms with E-state index in [-0.39, 0.29) is 20.6 Å². The summed E-state index contributed by atoms with van der Waals surface area (Å²) in [7, 11) is 0. The Kier molecular flexibility index (Phi) is 4.26. The second-order valence-electron chi connectivity index (χ2n) is 9.06. The van der Waals surface area contributed by atoms with Crippen LogP contribution in [0.1, 0.15) is 68.7 Å². The van der Waals surface area contributed by atoms with Gasteiger partial charge in [-0.2, -0.15) is 0 Å². The van der Waals surface area contributed by atoms with Crippen LogP contribution in [0, 0.1) is 16.2 Å². The lowest BCUT2D eigenvalue weighted by Crippen LogP contribution is -2.39. The molecule has 1 atom stereocenters. The smallest absolute Gasteiger partial charge is 0.0528 e. The maximum absolute atomic E-state index is 4.06. The zero-order chi connectivity index (χ0) is 15.3. The average Bonchev–Trinajstić information content (AvgIpc) is 2.12. The van der Waals surface area contributed by atoms with Crippen LogP contribution in [-0.2, 0) is 0 Å². The lowest BCUT2D eigenvalue weighted by Gasteiger charge is -2.45. The van der Waals surface area contributed by atoms with E-state index in [9.17, 15) is 0 Å². The van der Waals surface area contributed by atoms with Crippen molar-refractivity contribution in [1.29, 1.82) is 0 Å². The van der Waals surface area contributed by atoms with E-state index in [2.05, 4.69) is 90.4 Å². The molecule has 0 aromatic heterocycles. The highest BCUT2D eigenvalue weighted by atomic mass is 79.9. The van der Waals surface area contributed by atoms with Crippen molar-refractivity contribution in [3.8, 4) is 0 Å². The zero-order valence-electron chi connectivity index (χ0n) is 14.2. The molecule has 0 amide bonds. The molecule has 1 aliphatic carbocycles. The van der Waals surface area contributed by atoms with E-state index >= 15 is 0 Å². The molecule has 0 radical (unpaired) electrons. The Hall–Kier alpha value is -0.0400. The molecular weight excluding hydrogens is 296 g/mol. The summed E-state index contributed by atoms with van der Waals surface area (Å²) in [4.78, 5) is 0. The molecule has 0 saturated heterocycles. The van der Waals surface area contributed by atoms with Crippen LogP contribution in [-0.4, -0.2) is 4.32 Å². The Labute approximate surface area is 128 Å². The lowest BCUT2D eigenvalue weighted by atomic mass is 9.66. The van der Waals surface area contributed by atoms with E-state index < -0.39 is 0 Å². The van der Waals surface area contributed by atoms with Crippen LogP contribution in [0.2, 0.25) is 0 Å². The molecule has 0 fully saturated rings. The second-order valence-corrected chi connectivity index (χ2v) is 10.5. The Balaban J connectivity index is 3.39. The third-order valence-electron chi connectivity index (χ3n) is 4.24. The number of halogens is 1. The van der Waals surface area contributed by atoms with Crippen molar-refractivity contribution in [3.63, 3.8) is 0 Å². The summed E-state index contributed by atoms with van der Waals surface area (Å²) in [5.74, 6) is 0. The Morgan fingerprint density at radius 2 is 1.37 bits per heavy atom. The molecule has 0 spiro atoms. The van der Waals surface area contributed by atoms with Gasteiger partial charge >= 0.3 is 0 Å². The van der Waals surface area contributed by atoms with Crippen molar-refractivity contribution in [1.82, 2.24) is 0 Å². The van der Waals surface area contributed by atoms with Crippen molar-refractivity contribution >= 4 is 15.9 Å². The summed E-state index contributed by atoms with van der Waals surface area (Å²) in [5.41, 5.74) is 3.63. The van der Waals surface area contributed by atoms with Crippen LogP contribution in [0.3, 0.4) is 0 Å². The highest BCUT2D eigenvalue weighted by molar-refractivity contribution is 9.10. The average molecular weight is 327 g/mol. The van der Waals surface area contributed by atoms with Crippen molar-refractivity contribution in [3.05, 3.63) is 23.3 Å². The van der Waals surface area contributed by atoms with Gasteiger partial charge in [0.25, 0.3) is 0 Å². The molecule has 1 rings (SSSR count). The summed E-state index contributed by atoms with van der Waals surface area (Å²) in [6, 6.07) is 0. The van der Waals surface area contributed by atoms with E-state index in [0.29, 0.717) is 0 Å². The standard InChI is InChI=1S/C18H31Br/c1-15(2,3)13-10-14(16(4,5)6)12-18(19,11-13)17(7,8)9/h10-11H,12H2,1-9H3. The minimum absolute atomic E-state index is 0.0555. The fraction of sp³-hybridized carbons (Fsp3) is 0.778. The first-order chi connectivity index (χ1) is 8.17. The number of hydrogen-bond donors (Lipinski definition) is 0. The van der Waals surface area contributed by atoms with Crippen LogP contribution in [0.25, 0.3) is 0 Å². The van der Waals surface area contributed by atoms with E-state index in [1.54, 1.807) is 5.57 Å². The molecule has 0 aromatic rings. The van der Waals surface area contributed by atoms with Crippen molar-refractivity contribution in [2.45, 2.75) is 73.1 Å². The maximum atomic E-state index is 4.06. The van der Waals surface area contributed by atoms with Crippen LogP contribution >= 0.6 is 15.9 Å². The van der Waals surface area contributed by atoms with E-state index in [4.69, 9.17) is 0 Å². The van der Waals surface area contributed by atoms with Gasteiger partial charge < -0.3 is 0 Å². The maximum Gasteiger partial charge on any atom is 0.0528 e. The fourth-order valence-corrected chi connectivity index (χ4v) is 2.80. The van der Waals surface area contributed by atoms with Crippen LogP contribution in [0.4, 0.5) is 0 Å². The highest BCUT2D eigenvalue weighted by Gasteiger charge is 2.43. The first-order valence-corrected chi connectivity index (χ1v) is 8.09. The van der Waals surface area contributed by atoms with Gasteiger partial charge in [0, 0.05) is 0 Å². The molecule has 0 aromatic carbocycles. The monoisotopic (exact) mass is 326 g/mol. The van der Waals surface area contributed by atoms with Crippen molar-refractivity contribution in [2.75, 3.05) is 0 Å². The largest absolute Gasteiger partial charge is 0.0798 e. The molecule has 0 aliphatic heterocycles. The van der Waals surface area contributed by atoms with Gasteiger partial charge in [0.15, 0.2) is 0 Å². The third kappa shape index (κ3) is 3.74. The fourth-order valence-electron chi connectivity index (χ4n) is 2.25. The van der Waals surface area contributed by atoms with Gasteiger partial charge in [-0.05, 0) is 28.2 Å². The molecule has 0 heterocycles. The molecular formula is C18H31Br. The van der Waals surface area contributed by atoms with Gasteiger partial charge in [-0.15, -0.1) is 0 Å². The summed E-state index contributed by atoms with van der Waals surface area (Å²) >= 11 is 4.06. The predicted molar refractivity (Wildman–Crippen MR) is 90.8 cm³/mol. The third-order valence-corrected chi connectivity index (χ3v) is 5.94. The van der Waals surface area contributed by atoms with Gasteiger partial charge in [0.05, 0.1) is 4.32 Å². The summed E-state index contributed by atoms with van der Waals surface area (Å²) in [6.45, 7) is 20.8. The Bertz CT molecular complexity index is 404. The first-order valence-electron chi connectivity index (χ1n) is 7.30. The number of rotatable bonds is 0. The van der Waals surface area contributed by atoms with Gasteiger partial charge in [-0.1, -0.05) is 96.0 Å². The summed E-state index contributed by atoms with van der Waals surface area (Å²) < 4.78 is 0.0555. The van der Waals surface area contributed by atoms with Gasteiger partial charge in [0.1, 0.15) is 0 Å². The topological polar surface area (TPSA) is 0 Å². The predicted octanol–water partition coefficient (Wildman–Crippen LogP) is 6.51. The number of alkyl halides is 1. The highest BCUT2D eigenvalue weighted by Crippen LogP contribution is 2.52. The molecule has 1 unspecified atom stereocenters. The molecule has 0 nitrogen and oxygen atoms in total. The lowest BCUT2D eigenvalue weighted by molar-refractivity contribution is 0.308. The SMILES string of the molecule is CC(C)(C)C1=CC(Br)(C(C)(C)C)CC(C(C)(C)C)=C1. The first kappa shape index (κ1) is 17.0. The number of allylic oxidation sites excluding steroid dienone is 4. The second kappa shape index (κ2) is 4.76. The van der Waals surface area contributed by atoms with Crippen molar-refractivity contribution < 1.29 is 0 Å². The van der Waals surface area contributed by atoms with Crippen LogP contribution in [0.5, 0.6) is 0 Å². The van der Waals surface area contributed by atoms with E-state index in [0.717, 1.165) is 6.42 Å². The molecule has 1 heteroatoms. The van der Waals surface area contributed by atoms with E-state index in [1.807, 2.05) is 0 Å². The Morgan fingerprint density at radius 3 is 1.68 bits per heavy atom. The summed E-state index contributed by atoms with van der Waals surface area (Å²) in [5, 5.41) is 0. The normalized spacial score (nSPS) is 26.0. The van der Waals surface area contributed by atoms with Gasteiger partial charge in [-0.3, -0.25) is 0 Å². The minimum atomic E-state index is 0.0555. The van der Waals surface area contributed by atoms with Crippen LogP contribution < -0.4 is 0 Å². The molecule has 1 aliphatic rings. The molecule has 0 saturated carbocycles. The number of hydrogen-bond acceptors (Lipinski definition) is 0.